The summed E-state index contributed by atoms with van der Waals surface area (Å²) >= 11 is 0. The van der Waals surface area contributed by atoms with E-state index in [0.717, 1.165) is 23.8 Å². The summed E-state index contributed by atoms with van der Waals surface area (Å²) in [6, 6.07) is 12.1. The molecule has 2 N–H and O–H groups in total. The average Bonchev–Trinajstić information content (AvgIpc) is 3.25. The van der Waals surface area contributed by atoms with E-state index in [4.69, 9.17) is 5.73 Å². The van der Waals surface area contributed by atoms with Crippen LogP contribution in [0.15, 0.2) is 59.5 Å². The summed E-state index contributed by atoms with van der Waals surface area (Å²) in [5, 5.41) is -2.67. The number of nitrogens with two attached hydrogens (primary N) is 1. The van der Waals surface area contributed by atoms with Crippen molar-refractivity contribution in [2.75, 3.05) is 6.54 Å². The highest BCUT2D eigenvalue weighted by molar-refractivity contribution is 7.92. The maximum Gasteiger partial charge on any atom is 0.416 e. The molecule has 5 nitrogen and oxygen atoms in total. The van der Waals surface area contributed by atoms with Crippen LogP contribution in [0.3, 0.4) is 0 Å². The van der Waals surface area contributed by atoms with Gasteiger partial charge in [0, 0.05) is 12.6 Å². The summed E-state index contributed by atoms with van der Waals surface area (Å²) in [7, 11) is -4.65. The Bertz CT molecular complexity index is 1150. The van der Waals surface area contributed by atoms with Gasteiger partial charge in [0.2, 0.25) is 20.7 Å². The summed E-state index contributed by atoms with van der Waals surface area (Å²) in [4.78, 5) is 13.4. The standard InChI is InChI=1S/C24H26F4N2O3S/c25-23(34(32,33)20-8-4-7-18(14-20)24(26,27)28)11-9-19(10-12-23)30-15-17(13-21(30)22(29)31)16-5-2-1-3-6-16/h1-8,14,17,19,21H,9-13,15H2,(H2,29,31). The van der Waals surface area contributed by atoms with Crippen LogP contribution in [-0.4, -0.2) is 42.9 Å². The van der Waals surface area contributed by atoms with Gasteiger partial charge in [0.05, 0.1) is 16.5 Å². The van der Waals surface area contributed by atoms with Gasteiger partial charge < -0.3 is 5.73 Å². The first-order valence-electron chi connectivity index (χ1n) is 11.1. The minimum Gasteiger partial charge on any atom is -0.368 e. The Labute approximate surface area is 195 Å². The summed E-state index contributed by atoms with van der Waals surface area (Å²) in [6.07, 6.45) is -4.64. The molecule has 1 saturated heterocycles. The van der Waals surface area contributed by atoms with E-state index in [2.05, 4.69) is 0 Å². The number of primary amides is 1. The van der Waals surface area contributed by atoms with Crippen molar-refractivity contribution >= 4 is 15.7 Å². The number of alkyl halides is 4. The van der Waals surface area contributed by atoms with Crippen molar-refractivity contribution in [2.24, 2.45) is 5.73 Å². The molecular weight excluding hydrogens is 472 g/mol. The molecule has 2 atom stereocenters. The molecule has 2 aromatic rings. The van der Waals surface area contributed by atoms with Gasteiger partial charge in [0.1, 0.15) is 0 Å². The third kappa shape index (κ3) is 4.57. The van der Waals surface area contributed by atoms with Crippen LogP contribution in [0.2, 0.25) is 0 Å². The van der Waals surface area contributed by atoms with Gasteiger partial charge in [-0.15, -0.1) is 0 Å². The van der Waals surface area contributed by atoms with Crippen molar-refractivity contribution in [3.8, 4) is 0 Å². The van der Waals surface area contributed by atoms with E-state index in [1.165, 1.54) is 0 Å². The number of halogens is 4. The molecule has 0 spiro atoms. The Balaban J connectivity index is 1.51. The first-order valence-corrected chi connectivity index (χ1v) is 12.6. The number of amides is 1. The van der Waals surface area contributed by atoms with Gasteiger partial charge in [-0.3, -0.25) is 9.69 Å². The van der Waals surface area contributed by atoms with Crippen LogP contribution in [0, 0.1) is 0 Å². The Hall–Kier alpha value is -2.46. The normalized spacial score (nSPS) is 28.6. The molecule has 2 aliphatic rings. The third-order valence-corrected chi connectivity index (χ3v) is 9.31. The summed E-state index contributed by atoms with van der Waals surface area (Å²) in [5.41, 5.74) is 5.57. The van der Waals surface area contributed by atoms with Crippen molar-refractivity contribution in [1.82, 2.24) is 4.90 Å². The third-order valence-electron chi connectivity index (χ3n) is 7.06. The molecule has 0 aromatic heterocycles. The van der Waals surface area contributed by atoms with Crippen molar-refractivity contribution in [3.05, 3.63) is 65.7 Å². The van der Waals surface area contributed by atoms with Crippen molar-refractivity contribution < 1.29 is 30.8 Å². The van der Waals surface area contributed by atoms with Gasteiger partial charge in [-0.05, 0) is 61.8 Å². The van der Waals surface area contributed by atoms with Crippen LogP contribution in [-0.2, 0) is 20.8 Å². The molecular formula is C24H26F4N2O3S. The molecule has 0 radical (unpaired) electrons. The number of carbonyl (C=O) groups is 1. The fourth-order valence-corrected chi connectivity index (χ4v) is 6.93. The zero-order valence-electron chi connectivity index (χ0n) is 18.3. The van der Waals surface area contributed by atoms with Gasteiger partial charge >= 0.3 is 6.18 Å². The van der Waals surface area contributed by atoms with Crippen LogP contribution in [0.5, 0.6) is 0 Å². The second-order valence-corrected chi connectivity index (χ2v) is 11.3. The van der Waals surface area contributed by atoms with Gasteiger partial charge in [0.15, 0.2) is 0 Å². The Kier molecular flexibility index (Phi) is 6.50. The predicted molar refractivity (Wildman–Crippen MR) is 118 cm³/mol. The smallest absolute Gasteiger partial charge is 0.368 e. The number of nitrogens with zero attached hydrogens (tertiary/aromatic N) is 1. The van der Waals surface area contributed by atoms with E-state index >= 15 is 4.39 Å². The predicted octanol–water partition coefficient (Wildman–Crippen LogP) is 4.43. The zero-order chi connectivity index (χ0) is 24.7. The molecule has 1 amide bonds. The first kappa shape index (κ1) is 24.7. The molecule has 1 saturated carbocycles. The second-order valence-electron chi connectivity index (χ2n) is 9.10. The van der Waals surface area contributed by atoms with E-state index < -0.39 is 43.4 Å². The molecule has 1 aliphatic carbocycles. The lowest BCUT2D eigenvalue weighted by atomic mass is 9.91. The number of rotatable bonds is 5. The molecule has 2 unspecified atom stereocenters. The number of benzene rings is 2. The Morgan fingerprint density at radius 3 is 2.26 bits per heavy atom. The quantitative estimate of drug-likeness (QED) is 0.619. The van der Waals surface area contributed by atoms with E-state index in [0.29, 0.717) is 19.0 Å². The molecule has 2 fully saturated rings. The molecule has 34 heavy (non-hydrogen) atoms. The first-order chi connectivity index (χ1) is 15.9. The van der Waals surface area contributed by atoms with Crippen LogP contribution < -0.4 is 5.73 Å². The van der Waals surface area contributed by atoms with E-state index in [-0.39, 0.29) is 37.6 Å². The van der Waals surface area contributed by atoms with Crippen LogP contribution in [0.4, 0.5) is 17.6 Å². The zero-order valence-corrected chi connectivity index (χ0v) is 19.2. The summed E-state index contributed by atoms with van der Waals surface area (Å²) < 4.78 is 80.9. The van der Waals surface area contributed by atoms with Crippen LogP contribution >= 0.6 is 0 Å². The Morgan fingerprint density at radius 2 is 1.68 bits per heavy atom. The number of hydrogen-bond donors (Lipinski definition) is 1. The van der Waals surface area contributed by atoms with E-state index in [1.807, 2.05) is 35.2 Å². The number of hydrogen-bond acceptors (Lipinski definition) is 4. The second kappa shape index (κ2) is 8.96. The molecule has 184 valence electrons. The largest absolute Gasteiger partial charge is 0.416 e. The van der Waals surface area contributed by atoms with Gasteiger partial charge in [-0.1, -0.05) is 36.4 Å². The minimum atomic E-state index is -4.73. The van der Waals surface area contributed by atoms with Gasteiger partial charge in [0.25, 0.3) is 0 Å². The fourth-order valence-electron chi connectivity index (χ4n) is 5.20. The fraction of sp³-hybridized carbons (Fsp3) is 0.458. The highest BCUT2D eigenvalue weighted by Crippen LogP contribution is 2.44. The van der Waals surface area contributed by atoms with Crippen LogP contribution in [0.1, 0.15) is 49.1 Å². The molecule has 1 aliphatic heterocycles. The molecule has 4 rings (SSSR count). The monoisotopic (exact) mass is 498 g/mol. The topological polar surface area (TPSA) is 80.5 Å². The minimum absolute atomic E-state index is 0.0737. The molecule has 1 heterocycles. The van der Waals surface area contributed by atoms with Gasteiger partial charge in [-0.25, -0.2) is 12.8 Å². The maximum absolute atomic E-state index is 15.7. The molecule has 10 heteroatoms. The lowest BCUT2D eigenvalue weighted by molar-refractivity contribution is -0.137. The highest BCUT2D eigenvalue weighted by atomic mass is 32.2. The summed E-state index contributed by atoms with van der Waals surface area (Å²) in [5.74, 6) is -0.406. The van der Waals surface area contributed by atoms with Crippen molar-refractivity contribution in [1.29, 1.82) is 0 Å². The Morgan fingerprint density at radius 1 is 1.03 bits per heavy atom. The van der Waals surface area contributed by atoms with Crippen LogP contribution in [0.25, 0.3) is 0 Å². The SMILES string of the molecule is NC(=O)C1CC(c2ccccc2)CN1C1CCC(F)(S(=O)(=O)c2cccc(C(F)(F)F)c2)CC1. The van der Waals surface area contributed by atoms with Gasteiger partial charge in [-0.2, -0.15) is 13.2 Å². The number of likely N-dealkylation sites (tertiary alicyclic amines) is 1. The van der Waals surface area contributed by atoms with E-state index in [9.17, 15) is 26.4 Å². The summed E-state index contributed by atoms with van der Waals surface area (Å²) in [6.45, 7) is 0.544. The molecule has 2 aromatic carbocycles. The average molecular weight is 499 g/mol. The molecule has 0 bridgehead atoms. The maximum atomic E-state index is 15.7. The highest BCUT2D eigenvalue weighted by Gasteiger charge is 2.50. The van der Waals surface area contributed by atoms with E-state index in [1.54, 1.807) is 0 Å². The lowest BCUT2D eigenvalue weighted by Gasteiger charge is -2.39. The number of carbonyl (C=O) groups excluding carboxylic acids is 1. The van der Waals surface area contributed by atoms with Crippen molar-refractivity contribution in [2.45, 2.75) is 66.2 Å². The van der Waals surface area contributed by atoms with Crippen molar-refractivity contribution in [3.63, 3.8) is 0 Å². The number of sulfone groups is 1. The lowest BCUT2D eigenvalue weighted by Crippen LogP contribution is -2.50.